The van der Waals surface area contributed by atoms with Gasteiger partial charge < -0.3 is 20.1 Å². The van der Waals surface area contributed by atoms with Crippen LogP contribution < -0.4 is 10.6 Å². The SMILES string of the molecule is COCCNC(=O)c1cccc(NC(=O)C2=CSCCO2)c1. The van der Waals surface area contributed by atoms with Crippen LogP contribution in [0.25, 0.3) is 0 Å². The van der Waals surface area contributed by atoms with E-state index in [9.17, 15) is 9.59 Å². The van der Waals surface area contributed by atoms with Gasteiger partial charge in [-0.15, -0.1) is 11.8 Å². The molecule has 0 saturated carbocycles. The Morgan fingerprint density at radius 2 is 2.23 bits per heavy atom. The molecule has 118 valence electrons. The minimum absolute atomic E-state index is 0.211. The first-order chi connectivity index (χ1) is 10.7. The zero-order chi connectivity index (χ0) is 15.8. The second-order valence-corrected chi connectivity index (χ2v) is 5.46. The van der Waals surface area contributed by atoms with Gasteiger partial charge in [-0.1, -0.05) is 6.07 Å². The number of nitrogens with one attached hydrogen (secondary N) is 2. The van der Waals surface area contributed by atoms with Crippen LogP contribution in [0.15, 0.2) is 35.4 Å². The molecule has 2 amide bonds. The van der Waals surface area contributed by atoms with Crippen molar-refractivity contribution in [3.8, 4) is 0 Å². The van der Waals surface area contributed by atoms with Gasteiger partial charge in [0.25, 0.3) is 11.8 Å². The van der Waals surface area contributed by atoms with Crippen LogP contribution >= 0.6 is 11.8 Å². The molecule has 0 bridgehead atoms. The van der Waals surface area contributed by atoms with Crippen molar-refractivity contribution >= 4 is 29.3 Å². The number of amides is 2. The highest BCUT2D eigenvalue weighted by atomic mass is 32.2. The van der Waals surface area contributed by atoms with Gasteiger partial charge in [0.2, 0.25) is 0 Å². The van der Waals surface area contributed by atoms with E-state index in [-0.39, 0.29) is 11.8 Å². The first-order valence-corrected chi connectivity index (χ1v) is 7.88. The van der Waals surface area contributed by atoms with Crippen molar-refractivity contribution in [1.82, 2.24) is 5.32 Å². The predicted molar refractivity (Wildman–Crippen MR) is 85.8 cm³/mol. The van der Waals surface area contributed by atoms with E-state index in [1.165, 1.54) is 11.8 Å². The molecule has 0 aromatic heterocycles. The quantitative estimate of drug-likeness (QED) is 0.778. The van der Waals surface area contributed by atoms with E-state index < -0.39 is 0 Å². The number of hydrogen-bond acceptors (Lipinski definition) is 5. The lowest BCUT2D eigenvalue weighted by atomic mass is 10.2. The zero-order valence-corrected chi connectivity index (χ0v) is 13.1. The number of rotatable bonds is 6. The number of hydrogen-bond donors (Lipinski definition) is 2. The monoisotopic (exact) mass is 322 g/mol. The first-order valence-electron chi connectivity index (χ1n) is 6.84. The second kappa shape index (κ2) is 8.45. The summed E-state index contributed by atoms with van der Waals surface area (Å²) in [5.74, 6) is 0.612. The van der Waals surface area contributed by atoms with Crippen LogP contribution in [0.1, 0.15) is 10.4 Å². The molecule has 0 spiro atoms. The van der Waals surface area contributed by atoms with Crippen molar-refractivity contribution in [2.45, 2.75) is 0 Å². The number of carbonyl (C=O) groups excluding carboxylic acids is 2. The van der Waals surface area contributed by atoms with Crippen LogP contribution in [0.3, 0.4) is 0 Å². The van der Waals surface area contributed by atoms with Gasteiger partial charge >= 0.3 is 0 Å². The van der Waals surface area contributed by atoms with E-state index >= 15 is 0 Å². The molecule has 6 nitrogen and oxygen atoms in total. The van der Waals surface area contributed by atoms with Gasteiger partial charge in [0.1, 0.15) is 0 Å². The average molecular weight is 322 g/mol. The lowest BCUT2D eigenvalue weighted by Gasteiger charge is -2.14. The van der Waals surface area contributed by atoms with Crippen LogP contribution in [0, 0.1) is 0 Å². The normalized spacial score (nSPS) is 13.8. The minimum atomic E-state index is -0.316. The fraction of sp³-hybridized carbons (Fsp3) is 0.333. The van der Waals surface area contributed by atoms with Gasteiger partial charge in [0.05, 0.1) is 13.2 Å². The summed E-state index contributed by atoms with van der Waals surface area (Å²) in [5.41, 5.74) is 1.02. The van der Waals surface area contributed by atoms with Gasteiger partial charge in [-0.05, 0) is 18.2 Å². The van der Waals surface area contributed by atoms with Crippen molar-refractivity contribution in [1.29, 1.82) is 0 Å². The number of thioether (sulfide) groups is 1. The molecule has 7 heteroatoms. The lowest BCUT2D eigenvalue weighted by Crippen LogP contribution is -2.27. The molecule has 0 unspecified atom stereocenters. The van der Waals surface area contributed by atoms with E-state index in [1.807, 2.05) is 0 Å². The van der Waals surface area contributed by atoms with E-state index in [0.717, 1.165) is 5.75 Å². The third-order valence-corrected chi connectivity index (χ3v) is 3.63. The predicted octanol–water partition coefficient (Wildman–Crippen LogP) is 1.61. The Labute approximate surface area is 133 Å². The molecule has 1 aromatic carbocycles. The second-order valence-electron chi connectivity index (χ2n) is 4.48. The summed E-state index contributed by atoms with van der Waals surface area (Å²) in [6, 6.07) is 6.74. The van der Waals surface area contributed by atoms with Crippen LogP contribution in [-0.2, 0) is 14.3 Å². The number of ether oxygens (including phenoxy) is 2. The molecule has 2 rings (SSSR count). The summed E-state index contributed by atoms with van der Waals surface area (Å²) in [7, 11) is 1.57. The van der Waals surface area contributed by atoms with Gasteiger partial charge in [0, 0.05) is 36.1 Å². The topological polar surface area (TPSA) is 76.7 Å². The Kier molecular flexibility index (Phi) is 6.29. The van der Waals surface area contributed by atoms with Gasteiger partial charge in [0.15, 0.2) is 5.76 Å². The van der Waals surface area contributed by atoms with E-state index in [2.05, 4.69) is 10.6 Å². The molecule has 2 N–H and O–H groups in total. The van der Waals surface area contributed by atoms with Gasteiger partial charge in [-0.25, -0.2) is 0 Å². The van der Waals surface area contributed by atoms with Gasteiger partial charge in [-0.2, -0.15) is 0 Å². The van der Waals surface area contributed by atoms with Crippen LogP contribution in [0.4, 0.5) is 5.69 Å². The Balaban J connectivity index is 1.97. The summed E-state index contributed by atoms with van der Waals surface area (Å²) in [6.45, 7) is 1.40. The number of methoxy groups -OCH3 is 1. The molecular formula is C15H18N2O4S. The molecule has 1 aliphatic rings. The largest absolute Gasteiger partial charge is 0.487 e. The summed E-state index contributed by atoms with van der Waals surface area (Å²) in [5, 5.41) is 7.15. The maximum atomic E-state index is 12.0. The van der Waals surface area contributed by atoms with Gasteiger partial charge in [-0.3, -0.25) is 9.59 Å². The fourth-order valence-corrected chi connectivity index (χ4v) is 2.41. The number of benzene rings is 1. The Bertz CT molecular complexity index is 574. The van der Waals surface area contributed by atoms with Crippen molar-refractivity contribution in [2.24, 2.45) is 0 Å². The summed E-state index contributed by atoms with van der Waals surface area (Å²) < 4.78 is 10.2. The molecule has 0 fully saturated rings. The first kappa shape index (κ1) is 16.4. The Hall–Kier alpha value is -1.99. The Morgan fingerprint density at radius 3 is 2.95 bits per heavy atom. The van der Waals surface area contributed by atoms with Crippen LogP contribution in [0.2, 0.25) is 0 Å². The number of anilines is 1. The molecule has 0 atom stereocenters. The summed E-state index contributed by atoms with van der Waals surface area (Å²) in [6.07, 6.45) is 0. The standard InChI is InChI=1S/C15H18N2O4S/c1-20-6-5-16-14(18)11-3-2-4-12(9-11)17-15(19)13-10-22-8-7-21-13/h2-4,9-10H,5-8H2,1H3,(H,16,18)(H,17,19). The van der Waals surface area contributed by atoms with Crippen molar-refractivity contribution in [3.63, 3.8) is 0 Å². The molecule has 0 radical (unpaired) electrons. The highest BCUT2D eigenvalue weighted by Crippen LogP contribution is 2.17. The smallest absolute Gasteiger partial charge is 0.291 e. The van der Waals surface area contributed by atoms with Crippen LogP contribution in [0.5, 0.6) is 0 Å². The van der Waals surface area contributed by atoms with E-state index in [4.69, 9.17) is 9.47 Å². The molecule has 1 aliphatic heterocycles. The maximum Gasteiger partial charge on any atom is 0.291 e. The molecule has 0 aliphatic carbocycles. The summed E-state index contributed by atoms with van der Waals surface area (Å²) in [4.78, 5) is 24.0. The van der Waals surface area contributed by atoms with Crippen molar-refractivity contribution in [3.05, 3.63) is 41.0 Å². The minimum Gasteiger partial charge on any atom is -0.487 e. The average Bonchev–Trinajstić information content (AvgIpc) is 2.56. The molecular weight excluding hydrogens is 304 g/mol. The maximum absolute atomic E-state index is 12.0. The number of carbonyl (C=O) groups is 2. The van der Waals surface area contributed by atoms with Crippen molar-refractivity contribution < 1.29 is 19.1 Å². The highest BCUT2D eigenvalue weighted by molar-refractivity contribution is 8.02. The zero-order valence-electron chi connectivity index (χ0n) is 12.3. The molecule has 1 heterocycles. The molecule has 0 saturated heterocycles. The third kappa shape index (κ3) is 4.78. The Morgan fingerprint density at radius 1 is 1.36 bits per heavy atom. The highest BCUT2D eigenvalue weighted by Gasteiger charge is 2.15. The molecule has 1 aromatic rings. The van der Waals surface area contributed by atoms with E-state index in [1.54, 1.807) is 36.8 Å². The van der Waals surface area contributed by atoms with Crippen LogP contribution in [-0.4, -0.2) is 44.4 Å². The fourth-order valence-electron chi connectivity index (χ4n) is 1.79. The van der Waals surface area contributed by atoms with Crippen molar-refractivity contribution in [2.75, 3.05) is 37.9 Å². The lowest BCUT2D eigenvalue weighted by molar-refractivity contribution is -0.116. The third-order valence-electron chi connectivity index (χ3n) is 2.85. The summed E-state index contributed by atoms with van der Waals surface area (Å²) >= 11 is 1.54. The van der Waals surface area contributed by atoms with E-state index in [0.29, 0.717) is 36.8 Å². The molecule has 22 heavy (non-hydrogen) atoms.